The van der Waals surface area contributed by atoms with Gasteiger partial charge in [0.15, 0.2) is 0 Å². The largest absolute Gasteiger partial charge is 0.465 e. The van der Waals surface area contributed by atoms with Crippen LogP contribution in [0.15, 0.2) is 54.6 Å². The van der Waals surface area contributed by atoms with E-state index in [0.29, 0.717) is 11.6 Å². The molecule has 3 rings (SSSR count). The van der Waals surface area contributed by atoms with Crippen molar-refractivity contribution in [3.05, 3.63) is 71.3 Å². The summed E-state index contributed by atoms with van der Waals surface area (Å²) in [5.74, 6) is -0.277. The molecule has 1 fully saturated rings. The summed E-state index contributed by atoms with van der Waals surface area (Å²) in [7, 11) is 1.41. The van der Waals surface area contributed by atoms with Crippen LogP contribution in [0.2, 0.25) is 0 Å². The van der Waals surface area contributed by atoms with Crippen molar-refractivity contribution in [2.45, 2.75) is 18.9 Å². The van der Waals surface area contributed by atoms with Crippen molar-refractivity contribution in [3.8, 4) is 0 Å². The number of hydrogen-bond acceptors (Lipinski definition) is 3. The standard InChI is InChI=1S/C19H21NO2/c1-22-19(21)17-11-9-15(10-12-17)6-5-13-20-14-18(20)16-7-3-2-4-8-16/h2-4,7-12,18H,5-6,13-14H2,1H3. The van der Waals surface area contributed by atoms with E-state index >= 15 is 0 Å². The van der Waals surface area contributed by atoms with Gasteiger partial charge in [-0.2, -0.15) is 0 Å². The highest BCUT2D eigenvalue weighted by atomic mass is 16.5. The van der Waals surface area contributed by atoms with E-state index in [-0.39, 0.29) is 5.97 Å². The van der Waals surface area contributed by atoms with Crippen molar-refractivity contribution < 1.29 is 9.53 Å². The van der Waals surface area contributed by atoms with Gasteiger partial charge in [-0.25, -0.2) is 4.79 Å². The van der Waals surface area contributed by atoms with E-state index in [2.05, 4.69) is 35.2 Å². The van der Waals surface area contributed by atoms with Gasteiger partial charge < -0.3 is 4.74 Å². The predicted octanol–water partition coefficient (Wildman–Crippen LogP) is 3.46. The maximum absolute atomic E-state index is 11.4. The number of nitrogens with zero attached hydrogens (tertiary/aromatic N) is 1. The molecule has 2 aromatic rings. The molecule has 3 nitrogen and oxygen atoms in total. The summed E-state index contributed by atoms with van der Waals surface area (Å²) < 4.78 is 4.71. The van der Waals surface area contributed by atoms with Crippen LogP contribution in [0.3, 0.4) is 0 Å². The van der Waals surface area contributed by atoms with Gasteiger partial charge in [-0.05, 0) is 42.6 Å². The molecule has 0 spiro atoms. The fourth-order valence-electron chi connectivity index (χ4n) is 2.83. The molecule has 0 aliphatic carbocycles. The molecular weight excluding hydrogens is 274 g/mol. The quantitative estimate of drug-likeness (QED) is 0.604. The lowest BCUT2D eigenvalue weighted by atomic mass is 10.1. The van der Waals surface area contributed by atoms with Gasteiger partial charge in [0.25, 0.3) is 0 Å². The molecule has 0 saturated carbocycles. The van der Waals surface area contributed by atoms with Gasteiger partial charge >= 0.3 is 5.97 Å². The van der Waals surface area contributed by atoms with Gasteiger partial charge in [-0.3, -0.25) is 4.90 Å². The smallest absolute Gasteiger partial charge is 0.337 e. The second kappa shape index (κ2) is 6.75. The molecule has 0 aromatic heterocycles. The molecule has 1 aliphatic rings. The first kappa shape index (κ1) is 14.8. The number of methoxy groups -OCH3 is 1. The minimum atomic E-state index is -0.277. The first-order chi connectivity index (χ1) is 10.8. The molecule has 1 heterocycles. The van der Waals surface area contributed by atoms with E-state index in [1.807, 2.05) is 24.3 Å². The Hall–Kier alpha value is -2.13. The number of carbonyl (C=O) groups excluding carboxylic acids is 1. The van der Waals surface area contributed by atoms with E-state index in [0.717, 1.165) is 19.4 Å². The maximum atomic E-state index is 11.4. The highest BCUT2D eigenvalue weighted by molar-refractivity contribution is 5.89. The molecule has 0 radical (unpaired) electrons. The van der Waals surface area contributed by atoms with Gasteiger partial charge in [-0.15, -0.1) is 0 Å². The van der Waals surface area contributed by atoms with Crippen molar-refractivity contribution in [1.82, 2.24) is 4.90 Å². The van der Waals surface area contributed by atoms with Crippen LogP contribution < -0.4 is 0 Å². The minimum Gasteiger partial charge on any atom is -0.465 e. The van der Waals surface area contributed by atoms with Crippen LogP contribution in [0.1, 0.15) is 33.9 Å². The zero-order valence-electron chi connectivity index (χ0n) is 12.9. The Morgan fingerprint density at radius 1 is 1.14 bits per heavy atom. The van der Waals surface area contributed by atoms with E-state index in [1.54, 1.807) is 0 Å². The highest BCUT2D eigenvalue weighted by Crippen LogP contribution is 2.34. The second-order valence-corrected chi connectivity index (χ2v) is 5.71. The Morgan fingerprint density at radius 2 is 1.86 bits per heavy atom. The molecule has 0 amide bonds. The molecule has 1 aliphatic heterocycles. The Balaban J connectivity index is 1.44. The van der Waals surface area contributed by atoms with Gasteiger partial charge in [0, 0.05) is 12.6 Å². The predicted molar refractivity (Wildman–Crippen MR) is 86.9 cm³/mol. The zero-order valence-corrected chi connectivity index (χ0v) is 12.9. The zero-order chi connectivity index (χ0) is 15.4. The second-order valence-electron chi connectivity index (χ2n) is 5.71. The fourth-order valence-corrected chi connectivity index (χ4v) is 2.83. The third-order valence-electron chi connectivity index (χ3n) is 4.18. The van der Waals surface area contributed by atoms with E-state index < -0.39 is 0 Å². The van der Waals surface area contributed by atoms with Crippen LogP contribution in [-0.4, -0.2) is 31.1 Å². The third-order valence-corrected chi connectivity index (χ3v) is 4.18. The van der Waals surface area contributed by atoms with Crippen LogP contribution in [0.4, 0.5) is 0 Å². The molecule has 3 heteroatoms. The lowest BCUT2D eigenvalue weighted by molar-refractivity contribution is 0.0600. The number of benzene rings is 2. The monoisotopic (exact) mass is 295 g/mol. The summed E-state index contributed by atoms with van der Waals surface area (Å²) in [6.07, 6.45) is 2.18. The molecule has 0 N–H and O–H groups in total. The lowest BCUT2D eigenvalue weighted by Gasteiger charge is -2.05. The number of hydrogen-bond donors (Lipinski definition) is 0. The highest BCUT2D eigenvalue weighted by Gasteiger charge is 2.34. The summed E-state index contributed by atoms with van der Waals surface area (Å²) in [6, 6.07) is 19.0. The lowest BCUT2D eigenvalue weighted by Crippen LogP contribution is -2.03. The number of aryl methyl sites for hydroxylation is 1. The SMILES string of the molecule is COC(=O)c1ccc(CCCN2CC2c2ccccc2)cc1. The average molecular weight is 295 g/mol. The summed E-state index contributed by atoms with van der Waals surface area (Å²) in [5.41, 5.74) is 3.30. The molecular formula is C19H21NO2. The van der Waals surface area contributed by atoms with Gasteiger partial charge in [-0.1, -0.05) is 42.5 Å². The molecule has 114 valence electrons. The number of ether oxygens (including phenoxy) is 1. The average Bonchev–Trinajstić information content (AvgIpc) is 3.35. The molecule has 2 atom stereocenters. The van der Waals surface area contributed by atoms with Gasteiger partial charge in [0.1, 0.15) is 0 Å². The van der Waals surface area contributed by atoms with Crippen molar-refractivity contribution in [3.63, 3.8) is 0 Å². The van der Waals surface area contributed by atoms with E-state index in [9.17, 15) is 4.79 Å². The number of rotatable bonds is 6. The minimum absolute atomic E-state index is 0.277. The van der Waals surface area contributed by atoms with Crippen LogP contribution in [0.25, 0.3) is 0 Å². The summed E-state index contributed by atoms with van der Waals surface area (Å²) in [5, 5.41) is 0. The third kappa shape index (κ3) is 3.55. The Bertz CT molecular complexity index is 622. The Morgan fingerprint density at radius 3 is 2.55 bits per heavy atom. The van der Waals surface area contributed by atoms with E-state index in [1.165, 1.54) is 24.8 Å². The topological polar surface area (TPSA) is 29.3 Å². The maximum Gasteiger partial charge on any atom is 0.337 e. The molecule has 2 aromatic carbocycles. The number of esters is 1. The summed E-state index contributed by atoms with van der Waals surface area (Å²) in [6.45, 7) is 2.30. The summed E-state index contributed by atoms with van der Waals surface area (Å²) >= 11 is 0. The van der Waals surface area contributed by atoms with Crippen LogP contribution in [0.5, 0.6) is 0 Å². The Kier molecular flexibility index (Phi) is 4.54. The summed E-state index contributed by atoms with van der Waals surface area (Å²) in [4.78, 5) is 13.9. The van der Waals surface area contributed by atoms with E-state index in [4.69, 9.17) is 4.74 Å². The normalized spacial score (nSPS) is 19.7. The van der Waals surface area contributed by atoms with Crippen LogP contribution >= 0.6 is 0 Å². The van der Waals surface area contributed by atoms with Crippen molar-refractivity contribution in [1.29, 1.82) is 0 Å². The van der Waals surface area contributed by atoms with Crippen LogP contribution in [0, 0.1) is 0 Å². The fraction of sp³-hybridized carbons (Fsp3) is 0.316. The first-order valence-corrected chi connectivity index (χ1v) is 7.74. The first-order valence-electron chi connectivity index (χ1n) is 7.74. The number of carbonyl (C=O) groups is 1. The van der Waals surface area contributed by atoms with Crippen LogP contribution in [-0.2, 0) is 11.2 Å². The van der Waals surface area contributed by atoms with Crippen molar-refractivity contribution in [2.75, 3.05) is 20.2 Å². The van der Waals surface area contributed by atoms with Gasteiger partial charge in [0.05, 0.1) is 12.7 Å². The molecule has 22 heavy (non-hydrogen) atoms. The molecule has 0 bridgehead atoms. The van der Waals surface area contributed by atoms with Gasteiger partial charge in [0.2, 0.25) is 0 Å². The van der Waals surface area contributed by atoms with Crippen molar-refractivity contribution >= 4 is 5.97 Å². The van der Waals surface area contributed by atoms with Crippen molar-refractivity contribution in [2.24, 2.45) is 0 Å². The molecule has 2 unspecified atom stereocenters. The molecule has 1 saturated heterocycles. The Labute approximate surface area is 131 Å².